The maximum Gasteiger partial charge on any atom is 0.0518 e. The van der Waals surface area contributed by atoms with Crippen molar-refractivity contribution in [2.24, 2.45) is 5.92 Å². The third kappa shape index (κ3) is 37.0. The fraction of sp³-hybridized carbons (Fsp3) is 1.00. The number of rotatable bonds is 6. The molecule has 0 radical (unpaired) electrons. The van der Waals surface area contributed by atoms with Crippen molar-refractivity contribution in [2.45, 2.75) is 68.9 Å². The summed E-state index contributed by atoms with van der Waals surface area (Å²) in [6, 6.07) is 0. The quantitative estimate of drug-likeness (QED) is 0.661. The van der Waals surface area contributed by atoms with Crippen LogP contribution in [-0.4, -0.2) is 25.9 Å². The Labute approximate surface area is 105 Å². The summed E-state index contributed by atoms with van der Waals surface area (Å²) < 4.78 is 10.3. The summed E-state index contributed by atoms with van der Waals surface area (Å²) >= 11 is 0. The molecule has 0 unspecified atom stereocenters. The predicted molar refractivity (Wildman–Crippen MR) is 76.2 cm³/mol. The smallest absolute Gasteiger partial charge is 0.0518 e. The van der Waals surface area contributed by atoms with E-state index < -0.39 is 0 Å². The van der Waals surface area contributed by atoms with Gasteiger partial charge in [0.05, 0.1) is 6.10 Å². The average Bonchev–Trinajstić information content (AvgIpc) is 2.12. The van der Waals surface area contributed by atoms with Crippen molar-refractivity contribution in [3.05, 3.63) is 0 Å². The maximum atomic E-state index is 5.19. The largest absolute Gasteiger partial charge is 0.381 e. The van der Waals surface area contributed by atoms with Gasteiger partial charge in [0.15, 0.2) is 0 Å². The molecule has 0 N–H and O–H groups in total. The molecule has 0 aromatic carbocycles. The van der Waals surface area contributed by atoms with Crippen molar-refractivity contribution in [3.63, 3.8) is 0 Å². The fourth-order valence-electron chi connectivity index (χ4n) is 0.707. The van der Waals surface area contributed by atoms with Gasteiger partial charge < -0.3 is 9.47 Å². The predicted octanol–water partition coefficient (Wildman–Crippen LogP) is 4.77. The van der Waals surface area contributed by atoms with Crippen molar-refractivity contribution >= 4 is 0 Å². The highest BCUT2D eigenvalue weighted by Gasteiger charge is 1.88. The normalized spacial score (nSPS) is 9.00. The molecule has 16 heavy (non-hydrogen) atoms. The molecular formula is C14H36O2. The topological polar surface area (TPSA) is 18.5 Å². The molecule has 0 aliphatic rings. The zero-order valence-corrected chi connectivity index (χ0v) is 10.8. The lowest BCUT2D eigenvalue weighted by Crippen LogP contribution is -2.01. The molecule has 0 bridgehead atoms. The van der Waals surface area contributed by atoms with E-state index in [1.165, 1.54) is 0 Å². The first kappa shape index (κ1) is 24.9. The number of hydrogen-bond acceptors (Lipinski definition) is 2. The van der Waals surface area contributed by atoms with E-state index >= 15 is 0 Å². The van der Waals surface area contributed by atoms with Gasteiger partial charge in [0.25, 0.3) is 0 Å². The van der Waals surface area contributed by atoms with E-state index in [-0.39, 0.29) is 14.9 Å². The van der Waals surface area contributed by atoms with Gasteiger partial charge >= 0.3 is 0 Å². The Kier molecular flexibility index (Phi) is 31.7. The average molecular weight is 236 g/mol. The number of hydrogen-bond donors (Lipinski definition) is 0. The zero-order chi connectivity index (χ0) is 11.4. The Morgan fingerprint density at radius 3 is 1.56 bits per heavy atom. The first-order valence-corrected chi connectivity index (χ1v) is 5.73. The van der Waals surface area contributed by atoms with Crippen LogP contribution in [-0.2, 0) is 9.47 Å². The zero-order valence-electron chi connectivity index (χ0n) is 10.8. The second-order valence-corrected chi connectivity index (χ2v) is 3.97. The van der Waals surface area contributed by atoms with Crippen LogP contribution < -0.4 is 0 Å². The molecule has 0 atom stereocenters. The summed E-state index contributed by atoms with van der Waals surface area (Å²) in [4.78, 5) is 0. The van der Waals surface area contributed by atoms with Crippen molar-refractivity contribution in [1.82, 2.24) is 0 Å². The Bertz CT molecular complexity index is 78.7. The third-order valence-corrected chi connectivity index (χ3v) is 1.31. The molecule has 0 saturated carbocycles. The van der Waals surface area contributed by atoms with Crippen LogP contribution in [0.3, 0.4) is 0 Å². The molecule has 0 amide bonds. The Morgan fingerprint density at radius 1 is 0.938 bits per heavy atom. The van der Waals surface area contributed by atoms with Crippen LogP contribution in [0.1, 0.15) is 62.8 Å². The van der Waals surface area contributed by atoms with Gasteiger partial charge in [0, 0.05) is 19.8 Å². The van der Waals surface area contributed by atoms with Gasteiger partial charge in [0.1, 0.15) is 0 Å². The van der Waals surface area contributed by atoms with Crippen LogP contribution in [0.25, 0.3) is 0 Å². The summed E-state index contributed by atoms with van der Waals surface area (Å²) in [7, 11) is 0. The lowest BCUT2D eigenvalue weighted by Gasteiger charge is -2.03. The Balaban J connectivity index is -0.0000000800. The van der Waals surface area contributed by atoms with Crippen LogP contribution in [0, 0.1) is 5.92 Å². The molecule has 104 valence electrons. The molecular weight excluding hydrogens is 200 g/mol. The van der Waals surface area contributed by atoms with Gasteiger partial charge in [0.2, 0.25) is 0 Å². The summed E-state index contributed by atoms with van der Waals surface area (Å²) in [5, 5.41) is 0. The minimum atomic E-state index is 0. The lowest BCUT2D eigenvalue weighted by atomic mass is 10.2. The second-order valence-electron chi connectivity index (χ2n) is 3.97. The van der Waals surface area contributed by atoms with E-state index in [0.29, 0.717) is 12.0 Å². The second kappa shape index (κ2) is 20.3. The first-order valence-electron chi connectivity index (χ1n) is 5.73. The Morgan fingerprint density at radius 2 is 1.44 bits per heavy atom. The van der Waals surface area contributed by atoms with Crippen LogP contribution in [0.4, 0.5) is 0 Å². The summed E-state index contributed by atoms with van der Waals surface area (Å²) in [5.41, 5.74) is 0. The molecule has 0 spiro atoms. The molecule has 2 heteroatoms. The fourth-order valence-corrected chi connectivity index (χ4v) is 0.707. The van der Waals surface area contributed by atoms with E-state index in [2.05, 4.69) is 34.6 Å². The molecule has 0 rings (SSSR count). The molecule has 0 aliphatic heterocycles. The molecule has 2 nitrogen and oxygen atoms in total. The molecule has 0 aromatic heterocycles. The monoisotopic (exact) mass is 236 g/mol. The maximum absolute atomic E-state index is 5.19. The minimum Gasteiger partial charge on any atom is -0.381 e. The summed E-state index contributed by atoms with van der Waals surface area (Å²) in [6.45, 7) is 15.2. The lowest BCUT2D eigenvalue weighted by molar-refractivity contribution is 0.0794. The van der Waals surface area contributed by atoms with Crippen molar-refractivity contribution in [2.75, 3.05) is 19.8 Å². The first-order chi connectivity index (χ1) is 6.54. The van der Waals surface area contributed by atoms with Gasteiger partial charge in [-0.05, 0) is 33.1 Å². The number of ether oxygens (including phenoxy) is 2. The van der Waals surface area contributed by atoms with Crippen molar-refractivity contribution in [3.8, 4) is 0 Å². The van der Waals surface area contributed by atoms with Crippen LogP contribution in [0.15, 0.2) is 0 Å². The van der Waals surface area contributed by atoms with Crippen LogP contribution in [0.2, 0.25) is 0 Å². The summed E-state index contributed by atoms with van der Waals surface area (Å²) in [5.74, 6) is 0.681. The molecule has 0 fully saturated rings. The van der Waals surface area contributed by atoms with E-state index in [9.17, 15) is 0 Å². The van der Waals surface area contributed by atoms with Crippen LogP contribution in [0.5, 0.6) is 0 Å². The van der Waals surface area contributed by atoms with Gasteiger partial charge in [-0.25, -0.2) is 0 Å². The molecule has 0 aromatic rings. The molecule has 0 saturated heterocycles. The van der Waals surface area contributed by atoms with E-state index in [1.54, 1.807) is 0 Å². The highest BCUT2D eigenvalue weighted by Crippen LogP contribution is 1.90. The minimum absolute atomic E-state index is 0. The third-order valence-electron chi connectivity index (χ3n) is 1.31. The van der Waals surface area contributed by atoms with Crippen molar-refractivity contribution in [1.29, 1.82) is 0 Å². The standard InChI is InChI=1S/2C6H14O.2CH4/c1-4-7-5-6(2)3;1-4-5-7-6(2)3;;/h2*6H,4-5H2,1-3H3;2*1H4. The van der Waals surface area contributed by atoms with Gasteiger partial charge in [-0.3, -0.25) is 0 Å². The van der Waals surface area contributed by atoms with E-state index in [0.717, 1.165) is 26.2 Å². The highest BCUT2D eigenvalue weighted by atomic mass is 16.5. The molecule has 0 aliphatic carbocycles. The SMILES string of the molecule is C.C.CCCOC(C)C.CCOCC(C)C. The van der Waals surface area contributed by atoms with Crippen LogP contribution >= 0.6 is 0 Å². The van der Waals surface area contributed by atoms with Gasteiger partial charge in [-0.15, -0.1) is 0 Å². The van der Waals surface area contributed by atoms with Gasteiger partial charge in [-0.1, -0.05) is 35.6 Å². The Hall–Kier alpha value is -0.0800. The molecule has 0 heterocycles. The van der Waals surface area contributed by atoms with Crippen molar-refractivity contribution < 1.29 is 9.47 Å². The van der Waals surface area contributed by atoms with E-state index in [1.807, 2.05) is 6.92 Å². The highest BCUT2D eigenvalue weighted by molar-refractivity contribution is 4.36. The summed E-state index contributed by atoms with van der Waals surface area (Å²) in [6.07, 6.45) is 1.53. The van der Waals surface area contributed by atoms with Gasteiger partial charge in [-0.2, -0.15) is 0 Å². The van der Waals surface area contributed by atoms with E-state index in [4.69, 9.17) is 9.47 Å².